The molecule has 0 unspecified atom stereocenters. The highest BCUT2D eigenvalue weighted by molar-refractivity contribution is 9.10. The van der Waals surface area contributed by atoms with E-state index >= 15 is 0 Å². The van der Waals surface area contributed by atoms with E-state index in [1.807, 2.05) is 0 Å². The Morgan fingerprint density at radius 3 is 2.52 bits per heavy atom. The molecule has 0 bridgehead atoms. The topological polar surface area (TPSA) is 122 Å². The number of carboxylic acids is 1. The zero-order valence-corrected chi connectivity index (χ0v) is 18.2. The number of methoxy groups -OCH3 is 1. The zero-order valence-electron chi connectivity index (χ0n) is 15.8. The second kappa shape index (κ2) is 9.19. The van der Waals surface area contributed by atoms with Gasteiger partial charge in [-0.1, -0.05) is 11.6 Å². The van der Waals surface area contributed by atoms with Gasteiger partial charge >= 0.3 is 12.0 Å². The van der Waals surface area contributed by atoms with E-state index in [2.05, 4.69) is 21.2 Å². The van der Waals surface area contributed by atoms with Crippen LogP contribution in [0, 0.1) is 0 Å². The van der Waals surface area contributed by atoms with Crippen LogP contribution in [-0.2, 0) is 14.4 Å². The van der Waals surface area contributed by atoms with Gasteiger partial charge in [0.25, 0.3) is 11.8 Å². The fourth-order valence-electron chi connectivity index (χ4n) is 2.75. The van der Waals surface area contributed by atoms with E-state index in [1.54, 1.807) is 0 Å². The summed E-state index contributed by atoms with van der Waals surface area (Å²) >= 11 is 9.11. The number of hydrogen-bond donors (Lipinski definition) is 2. The predicted octanol–water partition coefficient (Wildman–Crippen LogP) is 3.24. The molecule has 1 aliphatic heterocycles. The number of ether oxygens (including phenoxy) is 2. The van der Waals surface area contributed by atoms with Crippen LogP contribution in [0.5, 0.6) is 11.5 Å². The molecule has 1 heterocycles. The predicted molar refractivity (Wildman–Crippen MR) is 114 cm³/mol. The van der Waals surface area contributed by atoms with Gasteiger partial charge in [0.1, 0.15) is 5.57 Å². The number of carbonyl (C=O) groups excluding carboxylic acids is 3. The molecule has 2 aromatic rings. The number of nitrogens with one attached hydrogen (secondary N) is 1. The van der Waals surface area contributed by atoms with Crippen LogP contribution in [0.2, 0.25) is 5.02 Å². The van der Waals surface area contributed by atoms with Gasteiger partial charge in [-0.2, -0.15) is 0 Å². The van der Waals surface area contributed by atoms with Crippen molar-refractivity contribution in [3.05, 3.63) is 57.0 Å². The highest BCUT2D eigenvalue weighted by atomic mass is 79.9. The number of amides is 4. The van der Waals surface area contributed by atoms with Gasteiger partial charge in [0.2, 0.25) is 0 Å². The van der Waals surface area contributed by atoms with Gasteiger partial charge in [-0.05, 0) is 64.0 Å². The lowest BCUT2D eigenvalue weighted by molar-refractivity contribution is -0.139. The van der Waals surface area contributed by atoms with Gasteiger partial charge in [0.05, 0.1) is 17.3 Å². The van der Waals surface area contributed by atoms with Gasteiger partial charge < -0.3 is 14.6 Å². The number of rotatable bonds is 6. The molecule has 2 N–H and O–H groups in total. The minimum absolute atomic E-state index is 0.143. The molecule has 160 valence electrons. The summed E-state index contributed by atoms with van der Waals surface area (Å²) in [4.78, 5) is 49.1. The highest BCUT2D eigenvalue weighted by Crippen LogP contribution is 2.37. The molecule has 0 atom stereocenters. The van der Waals surface area contributed by atoms with Crippen LogP contribution in [0.4, 0.5) is 10.5 Å². The van der Waals surface area contributed by atoms with Gasteiger partial charge in [0.15, 0.2) is 18.1 Å². The van der Waals surface area contributed by atoms with Crippen molar-refractivity contribution in [2.75, 3.05) is 18.6 Å². The van der Waals surface area contributed by atoms with Crippen molar-refractivity contribution in [2.24, 2.45) is 0 Å². The van der Waals surface area contributed by atoms with Crippen LogP contribution >= 0.6 is 27.5 Å². The normalized spacial score (nSPS) is 15.1. The van der Waals surface area contributed by atoms with Gasteiger partial charge in [0, 0.05) is 5.02 Å². The molecule has 0 spiro atoms. The molecule has 9 nitrogen and oxygen atoms in total. The van der Waals surface area contributed by atoms with Gasteiger partial charge in [-0.3, -0.25) is 14.9 Å². The minimum atomic E-state index is -1.17. The number of benzene rings is 2. The van der Waals surface area contributed by atoms with E-state index in [9.17, 15) is 19.2 Å². The monoisotopic (exact) mass is 508 g/mol. The lowest BCUT2D eigenvalue weighted by Crippen LogP contribution is -2.54. The third kappa shape index (κ3) is 4.86. The summed E-state index contributed by atoms with van der Waals surface area (Å²) in [5.74, 6) is -2.53. The molecule has 0 aromatic heterocycles. The maximum atomic E-state index is 12.9. The van der Waals surface area contributed by atoms with Gasteiger partial charge in [-0.25, -0.2) is 14.5 Å². The Morgan fingerprint density at radius 1 is 1.23 bits per heavy atom. The average molecular weight is 510 g/mol. The molecular formula is C20H14BrClN2O7. The number of urea groups is 1. The Balaban J connectivity index is 1.99. The fraction of sp³-hybridized carbons (Fsp3) is 0.100. The summed E-state index contributed by atoms with van der Waals surface area (Å²) in [6.07, 6.45) is 1.28. The van der Waals surface area contributed by atoms with Crippen LogP contribution in [0.25, 0.3) is 6.08 Å². The van der Waals surface area contributed by atoms with Crippen molar-refractivity contribution in [2.45, 2.75) is 0 Å². The van der Waals surface area contributed by atoms with Gasteiger partial charge in [-0.15, -0.1) is 0 Å². The Kier molecular flexibility index (Phi) is 6.62. The number of barbiturate groups is 1. The van der Waals surface area contributed by atoms with E-state index in [4.69, 9.17) is 26.2 Å². The molecule has 1 saturated heterocycles. The van der Waals surface area contributed by atoms with Crippen LogP contribution in [0.15, 0.2) is 46.4 Å². The Labute approximate surface area is 189 Å². The maximum absolute atomic E-state index is 12.9. The van der Waals surface area contributed by atoms with E-state index in [-0.39, 0.29) is 22.8 Å². The zero-order chi connectivity index (χ0) is 22.7. The highest BCUT2D eigenvalue weighted by Gasteiger charge is 2.36. The first-order valence-corrected chi connectivity index (χ1v) is 9.77. The number of halogens is 2. The minimum Gasteiger partial charge on any atom is -0.493 e. The van der Waals surface area contributed by atoms with Crippen LogP contribution in [-0.4, -0.2) is 42.6 Å². The van der Waals surface area contributed by atoms with Crippen molar-refractivity contribution < 1.29 is 33.8 Å². The summed E-state index contributed by atoms with van der Waals surface area (Å²) in [6, 6.07) is 8.05. The number of nitrogens with zero attached hydrogens (tertiary/aromatic N) is 1. The molecule has 0 aliphatic carbocycles. The smallest absolute Gasteiger partial charge is 0.341 e. The summed E-state index contributed by atoms with van der Waals surface area (Å²) in [5.41, 5.74) is 0.319. The van der Waals surface area contributed by atoms with Crippen molar-refractivity contribution in [3.8, 4) is 11.5 Å². The Morgan fingerprint density at radius 2 is 1.90 bits per heavy atom. The third-order valence-corrected chi connectivity index (χ3v) is 4.93. The molecule has 31 heavy (non-hydrogen) atoms. The Bertz CT molecular complexity index is 1120. The molecule has 4 amide bonds. The summed E-state index contributed by atoms with van der Waals surface area (Å²) in [7, 11) is 1.35. The molecule has 1 aliphatic rings. The molecule has 3 rings (SSSR count). The van der Waals surface area contributed by atoms with Crippen molar-refractivity contribution in [1.82, 2.24) is 5.32 Å². The summed E-state index contributed by atoms with van der Waals surface area (Å²) < 4.78 is 10.8. The maximum Gasteiger partial charge on any atom is 0.341 e. The standard InChI is InChI=1S/C20H14BrClN2O7/c1-30-15-8-10(7-14(21)17(15)31-9-16(25)26)6-13-18(27)23-20(29)24(19(13)28)12-4-2-11(22)3-5-12/h2-8H,9H2,1H3,(H,25,26)(H,23,27,29)/b13-6-. The summed E-state index contributed by atoms with van der Waals surface area (Å²) in [5, 5.41) is 11.3. The first-order valence-electron chi connectivity index (χ1n) is 8.60. The van der Waals surface area contributed by atoms with Crippen LogP contribution in [0.1, 0.15) is 5.56 Å². The lowest BCUT2D eigenvalue weighted by Gasteiger charge is -2.26. The van der Waals surface area contributed by atoms with E-state index in [1.165, 1.54) is 49.6 Å². The van der Waals surface area contributed by atoms with E-state index < -0.39 is 30.4 Å². The lowest BCUT2D eigenvalue weighted by atomic mass is 10.1. The first kappa shape index (κ1) is 22.3. The number of aliphatic carboxylic acids is 1. The van der Waals surface area contributed by atoms with Crippen LogP contribution < -0.4 is 19.7 Å². The number of carboxylic acid groups (broad SMARTS) is 1. The molecule has 0 saturated carbocycles. The average Bonchev–Trinajstić information content (AvgIpc) is 2.71. The number of hydrogen-bond acceptors (Lipinski definition) is 6. The number of anilines is 1. The molecule has 2 aromatic carbocycles. The first-order chi connectivity index (χ1) is 14.7. The van der Waals surface area contributed by atoms with Crippen molar-refractivity contribution in [3.63, 3.8) is 0 Å². The summed E-state index contributed by atoms with van der Waals surface area (Å²) in [6.45, 7) is -0.589. The van der Waals surface area contributed by atoms with E-state index in [0.29, 0.717) is 15.1 Å². The van der Waals surface area contributed by atoms with Crippen LogP contribution in [0.3, 0.4) is 0 Å². The second-order valence-electron chi connectivity index (χ2n) is 6.15. The SMILES string of the molecule is COc1cc(/C=C2/C(=O)NC(=O)N(c3ccc(Cl)cc3)C2=O)cc(Br)c1OCC(=O)O. The largest absolute Gasteiger partial charge is 0.493 e. The van der Waals surface area contributed by atoms with E-state index in [0.717, 1.165) is 4.90 Å². The molecule has 0 radical (unpaired) electrons. The van der Waals surface area contributed by atoms with Crippen molar-refractivity contribution >= 4 is 63.1 Å². The molecule has 11 heteroatoms. The van der Waals surface area contributed by atoms with Crippen molar-refractivity contribution in [1.29, 1.82) is 0 Å². The quantitative estimate of drug-likeness (QED) is 0.453. The number of imide groups is 2. The third-order valence-electron chi connectivity index (χ3n) is 4.09. The molecular weight excluding hydrogens is 496 g/mol. The Hall–Kier alpha value is -3.37. The molecule has 1 fully saturated rings. The fourth-order valence-corrected chi connectivity index (χ4v) is 3.45. The number of carbonyl (C=O) groups is 4. The second-order valence-corrected chi connectivity index (χ2v) is 7.44.